The van der Waals surface area contributed by atoms with E-state index in [0.29, 0.717) is 5.56 Å². The number of nitriles is 1. The summed E-state index contributed by atoms with van der Waals surface area (Å²) in [6, 6.07) is 3.33. The highest BCUT2D eigenvalue weighted by Gasteiger charge is 1.92. The number of hydrogen-bond donors (Lipinski definition) is 1. The molecule has 0 fully saturated rings. The number of aromatic hydroxyl groups is 1. The highest BCUT2D eigenvalue weighted by Crippen LogP contribution is 2.19. The molecular weight excluding hydrogens is 122 g/mol. The van der Waals surface area contributed by atoms with Crippen molar-refractivity contribution < 1.29 is 5.11 Å². The molecule has 0 unspecified atom stereocenters. The minimum absolute atomic E-state index is 0.196. The van der Waals surface area contributed by atoms with Crippen molar-refractivity contribution in [3.05, 3.63) is 17.0 Å². The van der Waals surface area contributed by atoms with Crippen LogP contribution in [0.4, 0.5) is 0 Å². The lowest BCUT2D eigenvalue weighted by molar-refractivity contribution is 0.491. The SMILES string of the molecule is N#Cc1csc(O)c1. The summed E-state index contributed by atoms with van der Waals surface area (Å²) in [6.45, 7) is 0. The van der Waals surface area contributed by atoms with Crippen molar-refractivity contribution in [3.63, 3.8) is 0 Å². The zero-order valence-corrected chi connectivity index (χ0v) is 4.77. The summed E-state index contributed by atoms with van der Waals surface area (Å²) in [6.07, 6.45) is 0. The number of hydrogen-bond acceptors (Lipinski definition) is 3. The summed E-state index contributed by atoms with van der Waals surface area (Å²) in [4.78, 5) is 0. The fourth-order valence-corrected chi connectivity index (χ4v) is 0.947. The van der Waals surface area contributed by atoms with E-state index in [1.807, 2.05) is 6.07 Å². The predicted octanol–water partition coefficient (Wildman–Crippen LogP) is 1.33. The first-order valence-corrected chi connectivity index (χ1v) is 2.88. The number of nitrogens with zero attached hydrogens (tertiary/aromatic N) is 1. The van der Waals surface area contributed by atoms with E-state index in [4.69, 9.17) is 10.4 Å². The van der Waals surface area contributed by atoms with E-state index < -0.39 is 0 Å². The van der Waals surface area contributed by atoms with E-state index in [0.717, 1.165) is 11.3 Å². The lowest BCUT2D eigenvalue weighted by Crippen LogP contribution is -1.55. The molecule has 0 bridgehead atoms. The molecule has 8 heavy (non-hydrogen) atoms. The van der Waals surface area contributed by atoms with Crippen LogP contribution in [-0.2, 0) is 0 Å². The Morgan fingerprint density at radius 2 is 2.50 bits per heavy atom. The van der Waals surface area contributed by atoms with Gasteiger partial charge in [0.2, 0.25) is 0 Å². The molecular formula is C5H3NOS. The van der Waals surface area contributed by atoms with Gasteiger partial charge in [0.15, 0.2) is 5.06 Å². The average molecular weight is 125 g/mol. The topological polar surface area (TPSA) is 44.0 Å². The van der Waals surface area contributed by atoms with Gasteiger partial charge in [-0.25, -0.2) is 0 Å². The van der Waals surface area contributed by atoms with Crippen LogP contribution in [0.25, 0.3) is 0 Å². The van der Waals surface area contributed by atoms with Crippen LogP contribution in [0.3, 0.4) is 0 Å². The fraction of sp³-hybridized carbons (Fsp3) is 0. The molecule has 1 aromatic heterocycles. The second kappa shape index (κ2) is 1.85. The fourth-order valence-electron chi connectivity index (χ4n) is 0.384. The van der Waals surface area contributed by atoms with Crippen LogP contribution in [0.5, 0.6) is 5.06 Å². The lowest BCUT2D eigenvalue weighted by Gasteiger charge is -1.69. The van der Waals surface area contributed by atoms with Crippen LogP contribution in [0, 0.1) is 11.3 Å². The molecule has 0 radical (unpaired) electrons. The number of rotatable bonds is 0. The van der Waals surface area contributed by atoms with Gasteiger partial charge in [-0.05, 0) is 0 Å². The molecule has 40 valence electrons. The summed E-state index contributed by atoms with van der Waals surface area (Å²) in [7, 11) is 0. The van der Waals surface area contributed by atoms with E-state index in [1.165, 1.54) is 6.07 Å². The molecule has 0 aliphatic rings. The first kappa shape index (κ1) is 5.13. The first-order valence-electron chi connectivity index (χ1n) is 2.00. The van der Waals surface area contributed by atoms with E-state index in [1.54, 1.807) is 5.38 Å². The van der Waals surface area contributed by atoms with Gasteiger partial charge >= 0.3 is 0 Å². The molecule has 0 aliphatic carbocycles. The van der Waals surface area contributed by atoms with Gasteiger partial charge < -0.3 is 5.11 Å². The maximum absolute atomic E-state index is 8.65. The maximum atomic E-state index is 8.65. The third-order valence-corrected chi connectivity index (χ3v) is 1.45. The molecule has 3 heteroatoms. The Hall–Kier alpha value is -1.01. The highest BCUT2D eigenvalue weighted by atomic mass is 32.1. The molecule has 0 atom stereocenters. The average Bonchev–Trinajstić information content (AvgIpc) is 2.14. The van der Waals surface area contributed by atoms with E-state index in [-0.39, 0.29) is 5.06 Å². The molecule has 0 amide bonds. The van der Waals surface area contributed by atoms with E-state index in [2.05, 4.69) is 0 Å². The Labute approximate surface area is 50.6 Å². The molecule has 1 heterocycles. The van der Waals surface area contributed by atoms with Crippen LogP contribution in [0.1, 0.15) is 5.56 Å². The number of thiophene rings is 1. The standard InChI is InChI=1S/C5H3NOS/c6-2-4-1-5(7)8-3-4/h1,3,7H. The Kier molecular flexibility index (Phi) is 1.18. The normalized spacial score (nSPS) is 8.38. The molecule has 0 aliphatic heterocycles. The molecule has 1 aromatic rings. The molecule has 0 spiro atoms. The van der Waals surface area contributed by atoms with Gasteiger partial charge in [0.25, 0.3) is 0 Å². The molecule has 0 saturated heterocycles. The van der Waals surface area contributed by atoms with E-state index in [9.17, 15) is 0 Å². The summed E-state index contributed by atoms with van der Waals surface area (Å²) in [5.74, 6) is 0. The molecule has 0 saturated carbocycles. The van der Waals surface area contributed by atoms with Crippen LogP contribution >= 0.6 is 11.3 Å². The van der Waals surface area contributed by atoms with Gasteiger partial charge in [-0.15, -0.1) is 11.3 Å². The van der Waals surface area contributed by atoms with Gasteiger partial charge in [0.05, 0.1) is 5.56 Å². The van der Waals surface area contributed by atoms with Crippen molar-refractivity contribution in [1.29, 1.82) is 5.26 Å². The monoisotopic (exact) mass is 125 g/mol. The van der Waals surface area contributed by atoms with Crippen molar-refractivity contribution in [2.75, 3.05) is 0 Å². The van der Waals surface area contributed by atoms with Crippen molar-refractivity contribution in [3.8, 4) is 11.1 Å². The second-order valence-corrected chi connectivity index (χ2v) is 2.18. The van der Waals surface area contributed by atoms with Crippen LogP contribution in [-0.4, -0.2) is 5.11 Å². The zero-order valence-electron chi connectivity index (χ0n) is 3.96. The van der Waals surface area contributed by atoms with E-state index >= 15 is 0 Å². The molecule has 1 N–H and O–H groups in total. The largest absolute Gasteiger partial charge is 0.499 e. The lowest BCUT2D eigenvalue weighted by atomic mass is 10.4. The molecule has 1 rings (SSSR count). The Morgan fingerprint density at radius 3 is 2.75 bits per heavy atom. The van der Waals surface area contributed by atoms with Crippen LogP contribution in [0.2, 0.25) is 0 Å². The first-order chi connectivity index (χ1) is 3.83. The summed E-state index contributed by atoms with van der Waals surface area (Å²) in [5.41, 5.74) is 0.521. The maximum Gasteiger partial charge on any atom is 0.172 e. The van der Waals surface area contributed by atoms with Crippen LogP contribution in [0.15, 0.2) is 11.4 Å². The van der Waals surface area contributed by atoms with Gasteiger partial charge in [-0.1, -0.05) is 0 Å². The van der Waals surface area contributed by atoms with Gasteiger partial charge in [-0.2, -0.15) is 5.26 Å². The Balaban J connectivity index is 3.05. The van der Waals surface area contributed by atoms with Crippen molar-refractivity contribution in [1.82, 2.24) is 0 Å². The van der Waals surface area contributed by atoms with Gasteiger partial charge in [0, 0.05) is 11.4 Å². The summed E-state index contributed by atoms with van der Waals surface area (Å²) in [5, 5.41) is 18.7. The van der Waals surface area contributed by atoms with Crippen molar-refractivity contribution >= 4 is 11.3 Å². The third-order valence-electron chi connectivity index (χ3n) is 0.715. The predicted molar refractivity (Wildman–Crippen MR) is 30.7 cm³/mol. The molecule has 2 nitrogen and oxygen atoms in total. The smallest absolute Gasteiger partial charge is 0.172 e. The minimum Gasteiger partial charge on any atom is -0.499 e. The quantitative estimate of drug-likeness (QED) is 0.568. The highest BCUT2D eigenvalue weighted by molar-refractivity contribution is 7.11. The molecule has 0 aromatic carbocycles. The Morgan fingerprint density at radius 1 is 1.75 bits per heavy atom. The summed E-state index contributed by atoms with van der Waals surface area (Å²) >= 11 is 1.16. The van der Waals surface area contributed by atoms with Crippen LogP contribution < -0.4 is 0 Å². The zero-order chi connectivity index (χ0) is 5.98. The van der Waals surface area contributed by atoms with Gasteiger partial charge in [-0.3, -0.25) is 0 Å². The van der Waals surface area contributed by atoms with Crippen molar-refractivity contribution in [2.45, 2.75) is 0 Å². The third kappa shape index (κ3) is 0.796. The second-order valence-electron chi connectivity index (χ2n) is 1.29. The Bertz CT molecular complexity index is 223. The van der Waals surface area contributed by atoms with Gasteiger partial charge in [0.1, 0.15) is 6.07 Å². The van der Waals surface area contributed by atoms with Crippen molar-refractivity contribution in [2.24, 2.45) is 0 Å². The minimum atomic E-state index is 0.196. The summed E-state index contributed by atoms with van der Waals surface area (Å²) < 4.78 is 0.